The molecule has 0 radical (unpaired) electrons. The molecule has 0 aliphatic heterocycles. The number of thiazole rings is 1. The summed E-state index contributed by atoms with van der Waals surface area (Å²) in [5.41, 5.74) is 5.42. The van der Waals surface area contributed by atoms with Crippen molar-refractivity contribution in [3.63, 3.8) is 0 Å². The maximum atomic E-state index is 13.5. The van der Waals surface area contributed by atoms with E-state index in [-0.39, 0.29) is 18.3 Å². The summed E-state index contributed by atoms with van der Waals surface area (Å²) in [4.78, 5) is 24.3. The van der Waals surface area contributed by atoms with Gasteiger partial charge in [-0.3, -0.25) is 9.69 Å². The topological polar surface area (TPSA) is 51.0 Å². The average molecular weight is 503 g/mol. The van der Waals surface area contributed by atoms with Gasteiger partial charge in [0, 0.05) is 25.5 Å². The lowest BCUT2D eigenvalue weighted by Gasteiger charge is -2.20. The lowest BCUT2D eigenvalue weighted by molar-refractivity contribution is -0.118. The number of carbonyl (C=O) groups excluding carboxylic acids is 1. The average Bonchev–Trinajstić information content (AvgIpc) is 3.53. The molecule has 0 aliphatic carbocycles. The number of imidazole rings is 1. The van der Waals surface area contributed by atoms with Gasteiger partial charge in [0.2, 0.25) is 5.91 Å². The van der Waals surface area contributed by atoms with Crippen LogP contribution in [0.15, 0.2) is 91.5 Å². The van der Waals surface area contributed by atoms with Gasteiger partial charge in [-0.2, -0.15) is 0 Å². The molecule has 2 heterocycles. The van der Waals surface area contributed by atoms with Crippen LogP contribution in [0.1, 0.15) is 17.5 Å². The minimum Gasteiger partial charge on any atom is -0.337 e. The number of hydrogen-bond donors (Lipinski definition) is 0. The van der Waals surface area contributed by atoms with Crippen LogP contribution >= 0.6 is 23.7 Å². The number of carbonyl (C=O) groups is 1. The normalized spacial score (nSPS) is 10.8. The molecule has 1 amide bonds. The number of fused-ring (bicyclic) bond motifs is 1. The first-order valence-electron chi connectivity index (χ1n) is 11.4. The number of nitrogens with zero attached hydrogens (tertiary/aromatic N) is 4. The summed E-state index contributed by atoms with van der Waals surface area (Å²) in [6.45, 7) is 3.47. The monoisotopic (exact) mass is 502 g/mol. The minimum atomic E-state index is 0. The van der Waals surface area contributed by atoms with Crippen LogP contribution in [0.25, 0.3) is 21.3 Å². The molecule has 0 atom stereocenters. The molecule has 5 aromatic rings. The zero-order chi connectivity index (χ0) is 23.3. The van der Waals surface area contributed by atoms with E-state index in [0.29, 0.717) is 13.0 Å². The standard InChI is InChI=1S/C28H26N4OS.ClH/c1-21-7-5-10-25-27(21)30-28(34-25)32(17-6-16-31-18-15-29-20-31)26(33)19-22-11-13-24(14-12-22)23-8-3-2-4-9-23;/h2-5,7-15,18,20H,6,16-17,19H2,1H3;1H. The van der Waals surface area contributed by atoms with Gasteiger partial charge in [-0.15, -0.1) is 12.4 Å². The maximum Gasteiger partial charge on any atom is 0.233 e. The first-order chi connectivity index (χ1) is 16.7. The summed E-state index contributed by atoms with van der Waals surface area (Å²) in [5.74, 6) is 0.0646. The van der Waals surface area contributed by atoms with Crippen LogP contribution in [0, 0.1) is 6.92 Å². The molecule has 178 valence electrons. The fourth-order valence-electron chi connectivity index (χ4n) is 4.06. The predicted molar refractivity (Wildman–Crippen MR) is 146 cm³/mol. The third-order valence-corrected chi connectivity index (χ3v) is 6.96. The highest BCUT2D eigenvalue weighted by Crippen LogP contribution is 2.31. The second-order valence-electron chi connectivity index (χ2n) is 8.36. The third kappa shape index (κ3) is 5.78. The second-order valence-corrected chi connectivity index (χ2v) is 9.37. The third-order valence-electron chi connectivity index (χ3n) is 5.92. The molecule has 5 nitrogen and oxygen atoms in total. The van der Waals surface area contributed by atoms with E-state index in [1.807, 2.05) is 58.4 Å². The van der Waals surface area contributed by atoms with Crippen molar-refractivity contribution in [3.05, 3.63) is 103 Å². The molecule has 0 spiro atoms. The first kappa shape index (κ1) is 24.6. The number of para-hydroxylation sites is 1. The van der Waals surface area contributed by atoms with Crippen LogP contribution in [-0.2, 0) is 17.8 Å². The Hall–Kier alpha value is -3.48. The number of amides is 1. The van der Waals surface area contributed by atoms with Crippen molar-refractivity contribution in [1.29, 1.82) is 0 Å². The molecule has 0 saturated carbocycles. The first-order valence-corrected chi connectivity index (χ1v) is 12.3. The molecule has 5 rings (SSSR count). The molecule has 0 bridgehead atoms. The van der Waals surface area contributed by atoms with Crippen LogP contribution in [-0.4, -0.2) is 27.0 Å². The molecular weight excluding hydrogens is 476 g/mol. The van der Waals surface area contributed by atoms with Gasteiger partial charge in [-0.25, -0.2) is 9.97 Å². The summed E-state index contributed by atoms with van der Waals surface area (Å²) in [6.07, 6.45) is 6.69. The van der Waals surface area contributed by atoms with E-state index in [1.165, 1.54) is 5.56 Å². The van der Waals surface area contributed by atoms with E-state index < -0.39 is 0 Å². The van der Waals surface area contributed by atoms with E-state index in [2.05, 4.69) is 48.3 Å². The number of aryl methyl sites for hydroxylation is 2. The van der Waals surface area contributed by atoms with Gasteiger partial charge in [-0.1, -0.05) is 78.1 Å². The fourth-order valence-corrected chi connectivity index (χ4v) is 5.15. The molecule has 0 unspecified atom stereocenters. The van der Waals surface area contributed by atoms with Crippen molar-refractivity contribution in [3.8, 4) is 11.1 Å². The Labute approximate surface area is 215 Å². The van der Waals surface area contributed by atoms with Crippen LogP contribution in [0.3, 0.4) is 0 Å². The highest BCUT2D eigenvalue weighted by Gasteiger charge is 2.20. The molecule has 7 heteroatoms. The summed E-state index contributed by atoms with van der Waals surface area (Å²) < 4.78 is 3.14. The van der Waals surface area contributed by atoms with Gasteiger partial charge in [0.05, 0.1) is 23.0 Å². The van der Waals surface area contributed by atoms with Crippen LogP contribution < -0.4 is 4.90 Å². The van der Waals surface area contributed by atoms with E-state index in [9.17, 15) is 4.79 Å². The molecule has 0 fully saturated rings. The van der Waals surface area contributed by atoms with Crippen molar-refractivity contribution < 1.29 is 4.79 Å². The summed E-state index contributed by atoms with van der Waals surface area (Å²) in [7, 11) is 0. The number of rotatable bonds is 8. The largest absolute Gasteiger partial charge is 0.337 e. The molecule has 0 aliphatic rings. The Morgan fingerprint density at radius 2 is 1.74 bits per heavy atom. The van der Waals surface area contributed by atoms with Gasteiger partial charge in [-0.05, 0) is 41.7 Å². The molecule has 3 aromatic carbocycles. The maximum absolute atomic E-state index is 13.5. The highest BCUT2D eigenvalue weighted by atomic mass is 35.5. The van der Waals surface area contributed by atoms with Crippen LogP contribution in [0.4, 0.5) is 5.13 Å². The van der Waals surface area contributed by atoms with Gasteiger partial charge >= 0.3 is 0 Å². The molecule has 2 aromatic heterocycles. The number of hydrogen-bond acceptors (Lipinski definition) is 4. The molecule has 35 heavy (non-hydrogen) atoms. The Bertz CT molecular complexity index is 1380. The molecule has 0 N–H and O–H groups in total. The van der Waals surface area contributed by atoms with E-state index in [4.69, 9.17) is 4.98 Å². The Morgan fingerprint density at radius 1 is 0.971 bits per heavy atom. The minimum absolute atomic E-state index is 0. The van der Waals surface area contributed by atoms with Crippen LogP contribution in [0.5, 0.6) is 0 Å². The Kier molecular flexibility index (Phi) is 7.95. The Morgan fingerprint density at radius 3 is 2.46 bits per heavy atom. The Balaban J connectivity index is 0.00000289. The van der Waals surface area contributed by atoms with Crippen molar-refractivity contribution in [2.75, 3.05) is 11.4 Å². The number of aromatic nitrogens is 3. The predicted octanol–water partition coefficient (Wildman–Crippen LogP) is 6.56. The number of halogens is 1. The van der Waals surface area contributed by atoms with Gasteiger partial charge in [0.25, 0.3) is 0 Å². The SMILES string of the molecule is Cc1cccc2sc(N(CCCn3ccnc3)C(=O)Cc3ccc(-c4ccccc4)cc3)nc12.Cl. The highest BCUT2D eigenvalue weighted by molar-refractivity contribution is 7.22. The lowest BCUT2D eigenvalue weighted by atomic mass is 10.0. The van der Waals surface area contributed by atoms with Crippen molar-refractivity contribution >= 4 is 45.0 Å². The zero-order valence-electron chi connectivity index (χ0n) is 19.5. The van der Waals surface area contributed by atoms with Crippen molar-refractivity contribution in [1.82, 2.24) is 14.5 Å². The smallest absolute Gasteiger partial charge is 0.233 e. The van der Waals surface area contributed by atoms with Crippen molar-refractivity contribution in [2.24, 2.45) is 0 Å². The van der Waals surface area contributed by atoms with E-state index in [1.54, 1.807) is 17.5 Å². The number of anilines is 1. The summed E-state index contributed by atoms with van der Waals surface area (Å²) in [5, 5.41) is 0.765. The van der Waals surface area contributed by atoms with Crippen LogP contribution in [0.2, 0.25) is 0 Å². The fraction of sp³-hybridized carbons (Fsp3) is 0.179. The quantitative estimate of drug-likeness (QED) is 0.241. The zero-order valence-corrected chi connectivity index (χ0v) is 21.1. The molecule has 0 saturated heterocycles. The van der Waals surface area contributed by atoms with Gasteiger partial charge < -0.3 is 4.57 Å². The summed E-state index contributed by atoms with van der Waals surface area (Å²) >= 11 is 1.58. The van der Waals surface area contributed by atoms with Gasteiger partial charge in [0.15, 0.2) is 5.13 Å². The van der Waals surface area contributed by atoms with E-state index in [0.717, 1.165) is 45.0 Å². The second kappa shape index (κ2) is 11.3. The molecular formula is C28H27ClN4OS. The summed E-state index contributed by atoms with van der Waals surface area (Å²) in [6, 6.07) is 24.7. The van der Waals surface area contributed by atoms with E-state index >= 15 is 0 Å². The lowest BCUT2D eigenvalue weighted by Crippen LogP contribution is -2.33. The number of benzene rings is 3. The van der Waals surface area contributed by atoms with Gasteiger partial charge in [0.1, 0.15) is 0 Å². The van der Waals surface area contributed by atoms with Crippen molar-refractivity contribution in [2.45, 2.75) is 26.3 Å².